The molecule has 3 heteroatoms. The molecule has 0 bridgehead atoms. The van der Waals surface area contributed by atoms with E-state index in [-0.39, 0.29) is 5.54 Å². The fourth-order valence-electron chi connectivity index (χ4n) is 3.39. The molecule has 2 aliphatic rings. The zero-order chi connectivity index (χ0) is 12.3. The first-order valence-corrected chi connectivity index (χ1v) is 7.27. The quantitative estimate of drug-likeness (QED) is 0.799. The number of rotatable bonds is 5. The van der Waals surface area contributed by atoms with Gasteiger partial charge in [-0.2, -0.15) is 0 Å². The highest BCUT2D eigenvalue weighted by atomic mass is 16.5. The number of nitrogens with two attached hydrogens (primary N) is 1. The van der Waals surface area contributed by atoms with E-state index in [0.717, 1.165) is 38.5 Å². The Kier molecular flexibility index (Phi) is 4.45. The fourth-order valence-corrected chi connectivity index (χ4v) is 3.39. The zero-order valence-electron chi connectivity index (χ0n) is 11.5. The molecule has 1 aliphatic carbocycles. The predicted octanol–water partition coefficient (Wildman–Crippen LogP) is 2.00. The summed E-state index contributed by atoms with van der Waals surface area (Å²) >= 11 is 0. The molecule has 2 atom stereocenters. The van der Waals surface area contributed by atoms with Crippen LogP contribution in [0.3, 0.4) is 0 Å². The van der Waals surface area contributed by atoms with Crippen molar-refractivity contribution in [1.82, 2.24) is 4.90 Å². The van der Waals surface area contributed by atoms with Crippen LogP contribution in [0.15, 0.2) is 0 Å². The standard InChI is InChI=1S/C14H28N2O/c1-3-16(10-13-5-4-6-13)14(11-15)7-8-17-12(2)9-14/h12-13H,3-11,15H2,1-2H3. The molecule has 1 aliphatic heterocycles. The van der Waals surface area contributed by atoms with Gasteiger partial charge in [-0.15, -0.1) is 0 Å². The molecule has 17 heavy (non-hydrogen) atoms. The highest BCUT2D eigenvalue weighted by Gasteiger charge is 2.40. The summed E-state index contributed by atoms with van der Waals surface area (Å²) in [6.45, 7) is 8.48. The van der Waals surface area contributed by atoms with E-state index in [0.29, 0.717) is 6.10 Å². The van der Waals surface area contributed by atoms with Crippen molar-refractivity contribution in [2.24, 2.45) is 11.7 Å². The molecule has 1 saturated heterocycles. The molecule has 1 heterocycles. The van der Waals surface area contributed by atoms with Crippen molar-refractivity contribution in [1.29, 1.82) is 0 Å². The number of likely N-dealkylation sites (N-methyl/N-ethyl adjacent to an activating group) is 1. The minimum Gasteiger partial charge on any atom is -0.378 e. The van der Waals surface area contributed by atoms with Gasteiger partial charge >= 0.3 is 0 Å². The lowest BCUT2D eigenvalue weighted by molar-refractivity contribution is -0.0691. The third-order valence-electron chi connectivity index (χ3n) is 4.77. The fraction of sp³-hybridized carbons (Fsp3) is 1.00. The van der Waals surface area contributed by atoms with Gasteiger partial charge in [0.15, 0.2) is 0 Å². The van der Waals surface area contributed by atoms with Crippen molar-refractivity contribution in [3.8, 4) is 0 Å². The van der Waals surface area contributed by atoms with Gasteiger partial charge in [0.1, 0.15) is 0 Å². The second-order valence-corrected chi connectivity index (χ2v) is 5.90. The van der Waals surface area contributed by atoms with Crippen LogP contribution in [-0.2, 0) is 4.74 Å². The van der Waals surface area contributed by atoms with Gasteiger partial charge in [-0.25, -0.2) is 0 Å². The van der Waals surface area contributed by atoms with Gasteiger partial charge in [0.25, 0.3) is 0 Å². The number of hydrogen-bond acceptors (Lipinski definition) is 3. The molecule has 2 rings (SSSR count). The number of hydrogen-bond donors (Lipinski definition) is 1. The summed E-state index contributed by atoms with van der Waals surface area (Å²) in [5.74, 6) is 0.927. The molecular formula is C14H28N2O. The molecule has 0 aromatic rings. The molecule has 0 aromatic carbocycles. The molecule has 100 valence electrons. The zero-order valence-corrected chi connectivity index (χ0v) is 11.5. The Hall–Kier alpha value is -0.120. The second-order valence-electron chi connectivity index (χ2n) is 5.90. The largest absolute Gasteiger partial charge is 0.378 e. The topological polar surface area (TPSA) is 38.5 Å². The molecule has 3 nitrogen and oxygen atoms in total. The van der Waals surface area contributed by atoms with Crippen LogP contribution in [0.1, 0.15) is 46.0 Å². The van der Waals surface area contributed by atoms with E-state index >= 15 is 0 Å². The molecule has 2 N–H and O–H groups in total. The smallest absolute Gasteiger partial charge is 0.0565 e. The molecule has 0 spiro atoms. The van der Waals surface area contributed by atoms with E-state index in [4.69, 9.17) is 10.5 Å². The van der Waals surface area contributed by atoms with Crippen molar-refractivity contribution in [3.05, 3.63) is 0 Å². The second kappa shape index (κ2) is 5.68. The molecule has 2 fully saturated rings. The van der Waals surface area contributed by atoms with Crippen LogP contribution in [0.2, 0.25) is 0 Å². The van der Waals surface area contributed by atoms with Crippen molar-refractivity contribution in [3.63, 3.8) is 0 Å². The van der Waals surface area contributed by atoms with Gasteiger partial charge in [0.2, 0.25) is 0 Å². The average Bonchev–Trinajstić information content (AvgIpc) is 2.27. The predicted molar refractivity (Wildman–Crippen MR) is 71.0 cm³/mol. The van der Waals surface area contributed by atoms with Gasteiger partial charge in [0.05, 0.1) is 6.10 Å². The summed E-state index contributed by atoms with van der Waals surface area (Å²) in [7, 11) is 0. The average molecular weight is 240 g/mol. The van der Waals surface area contributed by atoms with Crippen LogP contribution in [0.4, 0.5) is 0 Å². The highest BCUT2D eigenvalue weighted by Crippen LogP contribution is 2.34. The van der Waals surface area contributed by atoms with Gasteiger partial charge in [0, 0.05) is 25.2 Å². The molecular weight excluding hydrogens is 212 g/mol. The summed E-state index contributed by atoms with van der Waals surface area (Å²) in [5.41, 5.74) is 6.33. The van der Waals surface area contributed by atoms with E-state index in [1.54, 1.807) is 0 Å². The third kappa shape index (κ3) is 2.83. The Labute approximate surface area is 106 Å². The lowest BCUT2D eigenvalue weighted by Crippen LogP contribution is -2.59. The van der Waals surface area contributed by atoms with Gasteiger partial charge in [-0.1, -0.05) is 13.3 Å². The summed E-state index contributed by atoms with van der Waals surface area (Å²) < 4.78 is 5.69. The molecule has 0 amide bonds. The van der Waals surface area contributed by atoms with Crippen LogP contribution in [-0.4, -0.2) is 42.8 Å². The van der Waals surface area contributed by atoms with Crippen molar-refractivity contribution >= 4 is 0 Å². The Bertz CT molecular complexity index is 242. The minimum absolute atomic E-state index is 0.210. The summed E-state index contributed by atoms with van der Waals surface area (Å²) in [6, 6.07) is 0. The molecule has 0 radical (unpaired) electrons. The normalized spacial score (nSPS) is 34.9. The summed E-state index contributed by atoms with van der Waals surface area (Å²) in [5, 5.41) is 0. The van der Waals surface area contributed by atoms with Crippen LogP contribution in [0.5, 0.6) is 0 Å². The van der Waals surface area contributed by atoms with E-state index in [2.05, 4.69) is 18.7 Å². The Morgan fingerprint density at radius 1 is 1.41 bits per heavy atom. The van der Waals surface area contributed by atoms with Crippen molar-refractivity contribution in [2.45, 2.75) is 57.6 Å². The minimum atomic E-state index is 0.210. The lowest BCUT2D eigenvalue weighted by Gasteiger charge is -2.49. The van der Waals surface area contributed by atoms with Crippen LogP contribution in [0, 0.1) is 5.92 Å². The first kappa shape index (κ1) is 13.3. The molecule has 1 saturated carbocycles. The first-order valence-electron chi connectivity index (χ1n) is 7.27. The van der Waals surface area contributed by atoms with Crippen LogP contribution < -0.4 is 5.73 Å². The van der Waals surface area contributed by atoms with Crippen LogP contribution >= 0.6 is 0 Å². The maximum Gasteiger partial charge on any atom is 0.0565 e. The monoisotopic (exact) mass is 240 g/mol. The Morgan fingerprint density at radius 2 is 2.18 bits per heavy atom. The summed E-state index contributed by atoms with van der Waals surface area (Å²) in [6.07, 6.45) is 6.84. The van der Waals surface area contributed by atoms with E-state index in [1.165, 1.54) is 25.8 Å². The molecule has 2 unspecified atom stereocenters. The number of nitrogens with zero attached hydrogens (tertiary/aromatic N) is 1. The lowest BCUT2D eigenvalue weighted by atomic mass is 9.80. The number of ether oxygens (including phenoxy) is 1. The van der Waals surface area contributed by atoms with E-state index in [1.807, 2.05) is 0 Å². The van der Waals surface area contributed by atoms with Crippen LogP contribution in [0.25, 0.3) is 0 Å². The maximum absolute atomic E-state index is 6.11. The van der Waals surface area contributed by atoms with Gasteiger partial charge < -0.3 is 10.5 Å². The summed E-state index contributed by atoms with van der Waals surface area (Å²) in [4.78, 5) is 2.65. The van der Waals surface area contributed by atoms with Crippen molar-refractivity contribution < 1.29 is 4.74 Å². The highest BCUT2D eigenvalue weighted by molar-refractivity contribution is 4.96. The SMILES string of the molecule is CCN(CC1CCC1)C1(CN)CCOC(C)C1. The van der Waals surface area contributed by atoms with Gasteiger partial charge in [-0.05, 0) is 45.1 Å². The Morgan fingerprint density at radius 3 is 2.65 bits per heavy atom. The molecule has 0 aromatic heterocycles. The van der Waals surface area contributed by atoms with Gasteiger partial charge in [-0.3, -0.25) is 4.90 Å². The van der Waals surface area contributed by atoms with E-state index in [9.17, 15) is 0 Å². The first-order chi connectivity index (χ1) is 8.20. The Balaban J connectivity index is 2.01. The maximum atomic E-state index is 6.11. The third-order valence-corrected chi connectivity index (χ3v) is 4.77. The van der Waals surface area contributed by atoms with Crippen molar-refractivity contribution in [2.75, 3.05) is 26.2 Å². The van der Waals surface area contributed by atoms with E-state index < -0.39 is 0 Å².